The van der Waals surface area contributed by atoms with Gasteiger partial charge in [-0.3, -0.25) is 0 Å². The van der Waals surface area contributed by atoms with E-state index in [1.807, 2.05) is 0 Å². The highest BCUT2D eigenvalue weighted by atomic mass is 16.5. The Kier molecular flexibility index (Phi) is 6.51. The van der Waals surface area contributed by atoms with Crippen molar-refractivity contribution in [1.29, 1.82) is 0 Å². The van der Waals surface area contributed by atoms with E-state index in [0.717, 1.165) is 19.3 Å². The predicted octanol–water partition coefficient (Wildman–Crippen LogP) is 1.27. The normalized spacial score (nSPS) is 11.1. The lowest BCUT2D eigenvalue weighted by Gasteiger charge is -2.05. The summed E-state index contributed by atoms with van der Waals surface area (Å²) in [7, 11) is 1.25. The van der Waals surface area contributed by atoms with Crippen LogP contribution in [0, 0.1) is 11.8 Å². The molecule has 0 heterocycles. The first-order valence-electron chi connectivity index (χ1n) is 4.57. The fourth-order valence-electron chi connectivity index (χ4n) is 0.821. The molecule has 78 valence electrons. The Balaban J connectivity index is 4.04. The maximum Gasteiger partial charge on any atom is 0.384 e. The van der Waals surface area contributed by atoms with Gasteiger partial charge in [0.25, 0.3) is 0 Å². The number of rotatable bonds is 4. The van der Waals surface area contributed by atoms with E-state index in [-0.39, 0.29) is 0 Å². The van der Waals surface area contributed by atoms with Crippen molar-refractivity contribution in [2.24, 2.45) is 0 Å². The first kappa shape index (κ1) is 12.7. The molecule has 0 aromatic heterocycles. The molecule has 0 rings (SSSR count). The molecule has 0 aliphatic carbocycles. The van der Waals surface area contributed by atoms with Gasteiger partial charge in [0.15, 0.2) is 0 Å². The van der Waals surface area contributed by atoms with Gasteiger partial charge in [0.05, 0.1) is 7.11 Å². The molecule has 3 heteroatoms. The predicted molar refractivity (Wildman–Crippen MR) is 54.5 cm³/mol. The van der Waals surface area contributed by atoms with Crippen LogP contribution >= 0.6 is 0 Å². The maximum atomic E-state index is 10.6. The summed E-state index contributed by atoms with van der Waals surface area (Å²) in [6.07, 6.45) is 1.81. The Morgan fingerprint density at radius 3 is 2.79 bits per heavy atom. The summed E-state index contributed by atoms with van der Waals surface area (Å²) in [5.41, 5.74) is 0.642. The Morgan fingerprint density at radius 2 is 2.29 bits per heavy atom. The highest BCUT2D eigenvalue weighted by Gasteiger charge is 2.04. The van der Waals surface area contributed by atoms with Crippen LogP contribution in [0.2, 0.25) is 0 Å². The van der Waals surface area contributed by atoms with Crippen molar-refractivity contribution < 1.29 is 14.6 Å². The van der Waals surface area contributed by atoms with Crippen LogP contribution in [0.25, 0.3) is 0 Å². The van der Waals surface area contributed by atoms with Gasteiger partial charge in [-0.1, -0.05) is 25.8 Å². The van der Waals surface area contributed by atoms with Crippen LogP contribution in [0.5, 0.6) is 0 Å². The molecule has 0 aromatic rings. The third kappa shape index (κ3) is 5.39. The molecule has 0 bridgehead atoms. The molecule has 0 amide bonds. The second kappa shape index (κ2) is 7.16. The van der Waals surface area contributed by atoms with Gasteiger partial charge in [0.1, 0.15) is 6.10 Å². The van der Waals surface area contributed by atoms with Crippen molar-refractivity contribution in [2.45, 2.75) is 32.3 Å². The number of ether oxygens (including phenoxy) is 1. The molecule has 0 spiro atoms. The summed E-state index contributed by atoms with van der Waals surface area (Å²) in [5.74, 6) is 3.89. The van der Waals surface area contributed by atoms with Gasteiger partial charge in [-0.25, -0.2) is 4.79 Å². The van der Waals surface area contributed by atoms with Gasteiger partial charge >= 0.3 is 5.97 Å². The molecular formula is C11H16O3. The van der Waals surface area contributed by atoms with Gasteiger partial charge in [-0.05, 0) is 18.4 Å². The molecule has 1 N–H and O–H groups in total. The first-order chi connectivity index (χ1) is 6.61. The number of unbranched alkanes of at least 4 members (excludes halogenated alkanes) is 1. The molecule has 14 heavy (non-hydrogen) atoms. The Hall–Kier alpha value is -1.27. The van der Waals surface area contributed by atoms with Gasteiger partial charge in [-0.2, -0.15) is 0 Å². The highest BCUT2D eigenvalue weighted by Crippen LogP contribution is 2.08. The Morgan fingerprint density at radius 1 is 1.64 bits per heavy atom. The second-order valence-corrected chi connectivity index (χ2v) is 2.93. The average Bonchev–Trinajstić information content (AvgIpc) is 2.21. The molecule has 0 saturated heterocycles. The van der Waals surface area contributed by atoms with Gasteiger partial charge < -0.3 is 9.84 Å². The Labute approximate surface area is 84.8 Å². The third-order valence-electron chi connectivity index (χ3n) is 1.73. The number of aliphatic hydroxyl groups excluding tert-OH is 1. The summed E-state index contributed by atoms with van der Waals surface area (Å²) in [5, 5.41) is 9.41. The smallest absolute Gasteiger partial charge is 0.384 e. The zero-order chi connectivity index (χ0) is 11.0. The molecule has 3 nitrogen and oxygen atoms in total. The van der Waals surface area contributed by atoms with E-state index < -0.39 is 12.1 Å². The van der Waals surface area contributed by atoms with Crippen LogP contribution in [-0.2, 0) is 9.53 Å². The minimum absolute atomic E-state index is 0.642. The SMILES string of the molecule is C=C(CCCC)[C@H](O)C#CC(=O)OC. The molecule has 1 atom stereocenters. The largest absolute Gasteiger partial charge is 0.459 e. The van der Waals surface area contributed by atoms with Gasteiger partial charge in [0, 0.05) is 5.92 Å². The fourth-order valence-corrected chi connectivity index (χ4v) is 0.821. The number of carbonyl (C=O) groups excluding carboxylic acids is 1. The zero-order valence-corrected chi connectivity index (χ0v) is 8.67. The van der Waals surface area contributed by atoms with Gasteiger partial charge in [-0.15, -0.1) is 0 Å². The summed E-state index contributed by atoms with van der Waals surface area (Å²) >= 11 is 0. The van der Waals surface area contributed by atoms with E-state index in [1.54, 1.807) is 0 Å². The van der Waals surface area contributed by atoms with Crippen LogP contribution < -0.4 is 0 Å². The minimum atomic E-state index is -0.930. The molecule has 0 aromatic carbocycles. The summed E-state index contributed by atoms with van der Waals surface area (Å²) in [6, 6.07) is 0. The van der Waals surface area contributed by atoms with E-state index in [4.69, 9.17) is 0 Å². The molecule has 0 aliphatic heterocycles. The lowest BCUT2D eigenvalue weighted by Crippen LogP contribution is -2.07. The van der Waals surface area contributed by atoms with Crippen LogP contribution in [0.1, 0.15) is 26.2 Å². The summed E-state index contributed by atoms with van der Waals surface area (Å²) < 4.78 is 4.31. The Bertz CT molecular complexity index is 257. The van der Waals surface area contributed by atoms with Crippen molar-refractivity contribution in [1.82, 2.24) is 0 Å². The topological polar surface area (TPSA) is 46.5 Å². The maximum absolute atomic E-state index is 10.6. The van der Waals surface area contributed by atoms with Crippen LogP contribution in [0.3, 0.4) is 0 Å². The van der Waals surface area contributed by atoms with Crippen LogP contribution in [0.4, 0.5) is 0 Å². The average molecular weight is 196 g/mol. The number of hydrogen-bond donors (Lipinski definition) is 1. The minimum Gasteiger partial charge on any atom is -0.459 e. The molecular weight excluding hydrogens is 180 g/mol. The van der Waals surface area contributed by atoms with Crippen LogP contribution in [-0.4, -0.2) is 24.3 Å². The standard InChI is InChI=1S/C11H16O3/c1-4-5-6-9(2)10(12)7-8-11(13)14-3/h10,12H,2,4-6H2,1,3H3/t10-/m1/s1. The lowest BCUT2D eigenvalue weighted by molar-refractivity contribution is -0.133. The molecule has 0 unspecified atom stereocenters. The van der Waals surface area contributed by atoms with Crippen molar-refractivity contribution in [3.63, 3.8) is 0 Å². The van der Waals surface area contributed by atoms with Crippen molar-refractivity contribution in [3.05, 3.63) is 12.2 Å². The first-order valence-corrected chi connectivity index (χ1v) is 4.57. The fraction of sp³-hybridized carbons (Fsp3) is 0.545. The second-order valence-electron chi connectivity index (χ2n) is 2.93. The molecule has 0 aliphatic rings. The number of carbonyl (C=O) groups is 1. The van der Waals surface area contributed by atoms with Crippen molar-refractivity contribution >= 4 is 5.97 Å². The number of methoxy groups -OCH3 is 1. The van der Waals surface area contributed by atoms with Crippen molar-refractivity contribution in [3.8, 4) is 11.8 Å². The van der Waals surface area contributed by atoms with E-state index in [1.165, 1.54) is 7.11 Å². The molecule has 0 fully saturated rings. The van der Waals surface area contributed by atoms with E-state index in [9.17, 15) is 9.90 Å². The summed E-state index contributed by atoms with van der Waals surface area (Å²) in [6.45, 7) is 5.75. The van der Waals surface area contributed by atoms with E-state index in [2.05, 4.69) is 30.1 Å². The number of hydrogen-bond acceptors (Lipinski definition) is 3. The number of aliphatic hydroxyl groups is 1. The van der Waals surface area contributed by atoms with Crippen LogP contribution in [0.15, 0.2) is 12.2 Å². The van der Waals surface area contributed by atoms with E-state index in [0.29, 0.717) is 5.57 Å². The highest BCUT2D eigenvalue weighted by molar-refractivity contribution is 5.88. The summed E-state index contributed by atoms with van der Waals surface area (Å²) in [4.78, 5) is 10.6. The zero-order valence-electron chi connectivity index (χ0n) is 8.67. The van der Waals surface area contributed by atoms with Crippen molar-refractivity contribution in [2.75, 3.05) is 7.11 Å². The lowest BCUT2D eigenvalue weighted by atomic mass is 10.1. The molecule has 0 saturated carbocycles. The third-order valence-corrected chi connectivity index (χ3v) is 1.73. The molecule has 0 radical (unpaired) electrons. The quantitative estimate of drug-likeness (QED) is 0.319. The number of esters is 1. The van der Waals surface area contributed by atoms with Gasteiger partial charge in [0.2, 0.25) is 0 Å². The van der Waals surface area contributed by atoms with E-state index >= 15 is 0 Å². The monoisotopic (exact) mass is 196 g/mol.